The molecule has 16 heteroatoms. The first-order chi connectivity index (χ1) is 27.5. The lowest BCUT2D eigenvalue weighted by Gasteiger charge is -2.36. The monoisotopic (exact) mass is 836 g/mol. The van der Waals surface area contributed by atoms with Crippen LogP contribution in [0.5, 0.6) is 11.5 Å². The van der Waals surface area contributed by atoms with Gasteiger partial charge in [0, 0.05) is 47.4 Å². The van der Waals surface area contributed by atoms with Crippen LogP contribution in [-0.2, 0) is 18.9 Å². The molecule has 4 N–H and O–H groups in total. The highest BCUT2D eigenvalue weighted by atomic mass is 32.1. The van der Waals surface area contributed by atoms with E-state index in [0.717, 1.165) is 43.7 Å². The van der Waals surface area contributed by atoms with Gasteiger partial charge in [-0.1, -0.05) is 26.8 Å². The van der Waals surface area contributed by atoms with E-state index in [1.165, 1.54) is 16.2 Å². The van der Waals surface area contributed by atoms with E-state index >= 15 is 0 Å². The number of nitrogens with one attached hydrogen (secondary N) is 3. The molecule has 3 saturated carbocycles. The molecule has 0 spiro atoms. The number of benzene rings is 1. The number of fused-ring (bicyclic) bond motifs is 1. The van der Waals surface area contributed by atoms with Crippen LogP contribution in [-0.4, -0.2) is 93.1 Å². The summed E-state index contributed by atoms with van der Waals surface area (Å²) < 4.78 is 32.0. The molecule has 7 rings (SSSR count). The molecule has 3 aliphatic carbocycles. The first-order valence-corrected chi connectivity index (χ1v) is 23.1. The lowest BCUT2D eigenvalue weighted by molar-refractivity contribution is -0.142. The quantitative estimate of drug-likeness (QED) is 0.0890. The van der Waals surface area contributed by atoms with Gasteiger partial charge < -0.3 is 40.0 Å². The van der Waals surface area contributed by atoms with Crippen LogP contribution in [0.4, 0.5) is 9.93 Å². The van der Waals surface area contributed by atoms with Gasteiger partial charge in [-0.05, 0) is 82.3 Å². The van der Waals surface area contributed by atoms with Crippen molar-refractivity contribution in [2.24, 2.45) is 17.3 Å². The van der Waals surface area contributed by atoms with Gasteiger partial charge in [-0.15, -0.1) is 17.9 Å². The molecule has 0 radical (unpaired) electrons. The van der Waals surface area contributed by atoms with Crippen molar-refractivity contribution in [2.45, 2.75) is 122 Å². The first kappa shape index (κ1) is 41.9. The van der Waals surface area contributed by atoms with Gasteiger partial charge in [0.05, 0.1) is 24.9 Å². The number of amides is 3. The van der Waals surface area contributed by atoms with E-state index in [4.69, 9.17) is 24.2 Å². The molecule has 0 bridgehead atoms. The second-order valence-electron chi connectivity index (χ2n) is 17.8. The van der Waals surface area contributed by atoms with E-state index in [9.17, 15) is 23.8 Å². The van der Waals surface area contributed by atoms with Crippen LogP contribution in [0.25, 0.3) is 22.3 Å². The number of likely N-dealkylation sites (tertiary alicyclic amines) is 1. The highest BCUT2D eigenvalue weighted by Crippen LogP contribution is 2.71. The largest absolute Gasteiger partial charge is 0.497 e. The number of thiazole rings is 1. The summed E-state index contributed by atoms with van der Waals surface area (Å²) in [6.45, 7) is 13.5. The van der Waals surface area contributed by atoms with Gasteiger partial charge in [-0.3, -0.25) is 14.2 Å². The lowest BCUT2D eigenvalue weighted by Crippen LogP contribution is -2.58. The van der Waals surface area contributed by atoms with E-state index < -0.39 is 54.2 Å². The van der Waals surface area contributed by atoms with Gasteiger partial charge >= 0.3 is 6.09 Å². The second-order valence-corrected chi connectivity index (χ2v) is 21.2. The lowest BCUT2D eigenvalue weighted by atomic mass is 9.85. The van der Waals surface area contributed by atoms with Gasteiger partial charge in [-0.2, -0.15) is 0 Å². The summed E-state index contributed by atoms with van der Waals surface area (Å²) in [5.74, 6) is -0.156. The van der Waals surface area contributed by atoms with Crippen molar-refractivity contribution < 1.29 is 38.1 Å². The van der Waals surface area contributed by atoms with Gasteiger partial charge in [0.1, 0.15) is 46.8 Å². The van der Waals surface area contributed by atoms with Gasteiger partial charge in [0.15, 0.2) is 5.13 Å². The number of hydrogen-bond donors (Lipinski definition) is 4. The van der Waals surface area contributed by atoms with Crippen molar-refractivity contribution in [2.75, 3.05) is 25.1 Å². The Labute approximate surface area is 344 Å². The van der Waals surface area contributed by atoms with E-state index in [0.29, 0.717) is 40.2 Å². The third-order valence-corrected chi connectivity index (χ3v) is 15.3. The molecule has 314 valence electrons. The SMILES string of the molecule is C=C[C@@H]1C[C@]1(NC(=O)[C@@H]1C[C@@H](Oc2cc(-c3csc(NC(C)C)n3)nc3cc(OC)ccc23)CN1C(=O)[C@@H](NC(=O)OC1CCCC1)C(C)(C)C)P(=O)(O)CC1CC1. The van der Waals surface area contributed by atoms with Crippen LogP contribution >= 0.6 is 18.7 Å². The Balaban J connectivity index is 1.21. The van der Waals surface area contributed by atoms with Crippen LogP contribution in [0.3, 0.4) is 0 Å². The standard InChI is InChI=1S/C42H57N6O8PS/c1-8-26-20-42(26,57(52,53)22-25-13-14-25)47-37(49)34-18-29(21-48(34)38(50)36(41(4,5)6)46-40(51)56-27-11-9-10-12-27)55-35-19-32(33-23-58-39(45-33)43-24(2)3)44-31-17-28(54-7)15-16-30(31)35/h8,15-17,19,23-27,29,34,36H,1,9-14,18,20-22H2,2-7H3,(H,43,45)(H,46,51)(H,47,49)(H,52,53)/t26-,29-,34+,36-,42+/m1/s1. The Hall–Kier alpha value is -4.20. The fourth-order valence-corrected chi connectivity index (χ4v) is 11.8. The van der Waals surface area contributed by atoms with Crippen LogP contribution in [0, 0.1) is 17.3 Å². The van der Waals surface area contributed by atoms with E-state index in [1.54, 1.807) is 13.2 Å². The molecular formula is C42H57N6O8PS. The average Bonchev–Trinajstić information content (AvgIpc) is 3.88. The molecule has 3 aromatic rings. The number of hydrogen-bond acceptors (Lipinski definition) is 11. The number of ether oxygens (including phenoxy) is 3. The summed E-state index contributed by atoms with van der Waals surface area (Å²) in [6.07, 6.45) is 5.83. The highest BCUT2D eigenvalue weighted by Gasteiger charge is 2.66. The number of aromatic nitrogens is 2. The van der Waals surface area contributed by atoms with Crippen LogP contribution < -0.4 is 25.4 Å². The van der Waals surface area contributed by atoms with Gasteiger partial charge in [-0.25, -0.2) is 14.8 Å². The molecule has 58 heavy (non-hydrogen) atoms. The number of alkyl carbamates (subject to hydrolysis) is 1. The predicted octanol–water partition coefficient (Wildman–Crippen LogP) is 7.32. The normalized spacial score (nSPS) is 24.9. The summed E-state index contributed by atoms with van der Waals surface area (Å²) in [5, 5.41) is 11.2. The van der Waals surface area contributed by atoms with E-state index in [1.807, 2.05) is 64.3 Å². The molecule has 1 unspecified atom stereocenters. The summed E-state index contributed by atoms with van der Waals surface area (Å²) in [4.78, 5) is 65.2. The molecule has 4 fully saturated rings. The number of carbonyl (C=O) groups excluding carboxylic acids is 3. The molecule has 6 atom stereocenters. The minimum Gasteiger partial charge on any atom is -0.497 e. The Morgan fingerprint density at radius 1 is 1.10 bits per heavy atom. The number of anilines is 1. The zero-order valence-electron chi connectivity index (χ0n) is 34.3. The Kier molecular flexibility index (Phi) is 11.9. The average molecular weight is 837 g/mol. The van der Waals surface area contributed by atoms with Gasteiger partial charge in [0.25, 0.3) is 0 Å². The minimum atomic E-state index is -3.85. The first-order valence-electron chi connectivity index (χ1n) is 20.4. The highest BCUT2D eigenvalue weighted by molar-refractivity contribution is 7.60. The van der Waals surface area contributed by atoms with Crippen molar-refractivity contribution >= 4 is 52.6 Å². The van der Waals surface area contributed by atoms with Crippen LogP contribution in [0.15, 0.2) is 42.3 Å². The molecule has 3 amide bonds. The third kappa shape index (κ3) is 9.01. The molecule has 1 saturated heterocycles. The zero-order chi connectivity index (χ0) is 41.6. The van der Waals surface area contributed by atoms with E-state index in [-0.39, 0.29) is 43.1 Å². The second kappa shape index (κ2) is 16.5. The maximum Gasteiger partial charge on any atom is 0.408 e. The molecule has 1 aromatic carbocycles. The van der Waals surface area contributed by atoms with Crippen molar-refractivity contribution in [3.63, 3.8) is 0 Å². The number of nitrogens with zero attached hydrogens (tertiary/aromatic N) is 3. The van der Waals surface area contributed by atoms with Crippen LogP contribution in [0.1, 0.15) is 86.0 Å². The Bertz CT molecular complexity index is 2090. The Morgan fingerprint density at radius 2 is 1.84 bits per heavy atom. The molecule has 2 aromatic heterocycles. The van der Waals surface area contributed by atoms with Crippen molar-refractivity contribution in [3.8, 4) is 22.9 Å². The van der Waals surface area contributed by atoms with Gasteiger partial charge in [0.2, 0.25) is 19.2 Å². The number of methoxy groups -OCH3 is 1. The maximum atomic E-state index is 14.8. The molecule has 3 heterocycles. The fourth-order valence-electron chi connectivity index (χ4n) is 8.21. The summed E-state index contributed by atoms with van der Waals surface area (Å²) in [6, 6.07) is 5.37. The van der Waals surface area contributed by atoms with Crippen molar-refractivity contribution in [1.29, 1.82) is 0 Å². The number of pyridine rings is 1. The topological polar surface area (TPSA) is 181 Å². The molecule has 1 aliphatic heterocycles. The number of carbonyl (C=O) groups is 3. The summed E-state index contributed by atoms with van der Waals surface area (Å²) in [7, 11) is -2.27. The van der Waals surface area contributed by atoms with Crippen molar-refractivity contribution in [1.82, 2.24) is 25.5 Å². The van der Waals surface area contributed by atoms with E-state index in [2.05, 4.69) is 22.5 Å². The third-order valence-electron chi connectivity index (χ3n) is 11.7. The minimum absolute atomic E-state index is 0.00800. The summed E-state index contributed by atoms with van der Waals surface area (Å²) >= 11 is 1.47. The fraction of sp³-hybridized carbons (Fsp3) is 0.595. The maximum absolute atomic E-state index is 14.8. The molecular weight excluding hydrogens is 780 g/mol. The van der Waals surface area contributed by atoms with Crippen LogP contribution in [0.2, 0.25) is 0 Å². The number of rotatable bonds is 15. The summed E-state index contributed by atoms with van der Waals surface area (Å²) in [5.41, 5.74) is 1.06. The molecule has 14 nitrogen and oxygen atoms in total. The zero-order valence-corrected chi connectivity index (χ0v) is 36.0. The van der Waals surface area contributed by atoms with Crippen molar-refractivity contribution in [3.05, 3.63) is 42.3 Å². The molecule has 4 aliphatic rings. The Morgan fingerprint density at radius 3 is 2.48 bits per heavy atom. The predicted molar refractivity (Wildman–Crippen MR) is 224 cm³/mol. The smallest absolute Gasteiger partial charge is 0.408 e.